The van der Waals surface area contributed by atoms with Gasteiger partial charge in [-0.2, -0.15) is 0 Å². The molecule has 2 rings (SSSR count). The Balaban J connectivity index is 2.09. The second-order valence-electron chi connectivity index (χ2n) is 5.37. The minimum absolute atomic E-state index is 0.157. The van der Waals surface area contributed by atoms with E-state index in [0.29, 0.717) is 12.3 Å². The molecule has 0 amide bonds. The van der Waals surface area contributed by atoms with Crippen molar-refractivity contribution >= 4 is 26.7 Å². The lowest BCUT2D eigenvalue weighted by Crippen LogP contribution is -2.44. The third-order valence-corrected chi connectivity index (χ3v) is 4.73. The Labute approximate surface area is 149 Å². The largest absolute Gasteiger partial charge is 0.490 e. The zero-order valence-electron chi connectivity index (χ0n) is 12.9. The molecular formula is C16H19Br2NO4. The topological polar surface area (TPSA) is 76.6 Å². The van der Waals surface area contributed by atoms with E-state index in [0.717, 1.165) is 15.2 Å². The summed E-state index contributed by atoms with van der Waals surface area (Å²) in [6.07, 6.45) is -0.551. The summed E-state index contributed by atoms with van der Waals surface area (Å²) in [5, 5.41) is 5.17. The van der Waals surface area contributed by atoms with Gasteiger partial charge in [-0.25, -0.2) is 0 Å². The lowest BCUT2D eigenvalue weighted by molar-refractivity contribution is -1.63. The average molecular weight is 449 g/mol. The molecule has 0 radical (unpaired) electrons. The molecule has 0 fully saturated rings. The first-order chi connectivity index (χ1) is 11.0. The Kier molecular flexibility index (Phi) is 7.26. The number of hydrogen-bond donors (Lipinski definition) is 1. The van der Waals surface area contributed by atoms with Crippen LogP contribution in [0.4, 0.5) is 0 Å². The molecule has 2 aromatic rings. The Morgan fingerprint density at radius 2 is 1.83 bits per heavy atom. The van der Waals surface area contributed by atoms with Gasteiger partial charge in [-0.1, -0.05) is 54.0 Å². The van der Waals surface area contributed by atoms with E-state index in [1.165, 1.54) is 0 Å². The molecule has 0 bridgehead atoms. The Bertz CT molecular complexity index is 637. The van der Waals surface area contributed by atoms with E-state index < -0.39 is 20.9 Å². The van der Waals surface area contributed by atoms with Gasteiger partial charge in [-0.15, -0.1) is 0 Å². The first kappa shape index (κ1) is 18.6. The van der Waals surface area contributed by atoms with Gasteiger partial charge in [-0.05, 0) is 21.3 Å². The fraction of sp³-hybridized carbons (Fsp3) is 0.375. The number of nitrogens with one attached hydrogen (secondary N) is 1. The van der Waals surface area contributed by atoms with E-state index in [4.69, 9.17) is 8.57 Å². The number of rotatable bonds is 8. The fourth-order valence-corrected chi connectivity index (χ4v) is 3.28. The molecule has 5 nitrogen and oxygen atoms in total. The molecule has 23 heavy (non-hydrogen) atoms. The average Bonchev–Trinajstić information content (AvgIpc) is 2.51. The predicted molar refractivity (Wildman–Crippen MR) is 85.2 cm³/mol. The smallest absolute Gasteiger partial charge is 0.436 e. The number of hydrogen-bond acceptors (Lipinski definition) is 5. The van der Waals surface area contributed by atoms with Crippen molar-refractivity contribution in [2.75, 3.05) is 13.2 Å². The van der Waals surface area contributed by atoms with Crippen LogP contribution in [0, 0.1) is 14.8 Å². The maximum absolute atomic E-state index is 10.9. The molecule has 0 aliphatic heterocycles. The van der Waals surface area contributed by atoms with Crippen LogP contribution in [0.2, 0.25) is 0 Å². The van der Waals surface area contributed by atoms with Gasteiger partial charge in [0, 0.05) is 22.4 Å². The van der Waals surface area contributed by atoms with Crippen molar-refractivity contribution < 1.29 is 31.8 Å². The third kappa shape index (κ3) is 5.70. The maximum Gasteiger partial charge on any atom is 0.436 e. The highest BCUT2D eigenvalue weighted by Gasteiger charge is 2.24. The zero-order valence-corrected chi connectivity index (χ0v) is 16.1. The maximum atomic E-state index is 10.9. The molecule has 126 valence electrons. The fourth-order valence-electron chi connectivity index (χ4n) is 2.13. The highest BCUT2D eigenvalue weighted by atomic mass is 80.0. The van der Waals surface area contributed by atoms with Crippen LogP contribution in [0.15, 0.2) is 40.9 Å². The Morgan fingerprint density at radius 1 is 1.13 bits per heavy atom. The second kappa shape index (κ2) is 8.96. The summed E-state index contributed by atoms with van der Waals surface area (Å²) >= 11 is 0.234. The third-order valence-electron chi connectivity index (χ3n) is 3.21. The number of ether oxygens (including phenoxy) is 1. The van der Waals surface area contributed by atoms with Crippen LogP contribution < -0.4 is 18.4 Å². The summed E-state index contributed by atoms with van der Waals surface area (Å²) in [6.45, 7) is 4.54. The summed E-state index contributed by atoms with van der Waals surface area (Å²) in [5.74, 6) is 0.702. The highest BCUT2D eigenvalue weighted by Crippen LogP contribution is 2.31. The van der Waals surface area contributed by atoms with Crippen molar-refractivity contribution in [3.63, 3.8) is 0 Å². The van der Waals surface area contributed by atoms with Crippen LogP contribution >= 0.6 is 15.9 Å². The van der Waals surface area contributed by atoms with Crippen molar-refractivity contribution in [2.24, 2.45) is 0 Å². The lowest BCUT2D eigenvalue weighted by atomic mass is 10.1. The van der Waals surface area contributed by atoms with Gasteiger partial charge in [-0.3, -0.25) is 0 Å². The molecular weight excluding hydrogens is 430 g/mol. The van der Waals surface area contributed by atoms with Crippen LogP contribution in [0.1, 0.15) is 13.8 Å². The van der Waals surface area contributed by atoms with Gasteiger partial charge in [0.1, 0.15) is 12.4 Å². The van der Waals surface area contributed by atoms with Crippen molar-refractivity contribution in [2.45, 2.75) is 26.0 Å². The summed E-state index contributed by atoms with van der Waals surface area (Å²) < 4.78 is 33.5. The zero-order chi connectivity index (χ0) is 16.8. The Morgan fingerprint density at radius 3 is 2.48 bits per heavy atom. The standard InChI is InChI=1S/C16H19Br2NO4/c1-11(2)19-9-12(23-18(20)21)10-22-16-8-7-15(17)13-5-3-4-6-14(13)16/h3-8,11-12,19H,9-10H2,1-2H3/t12-/m1/s1. The van der Waals surface area contributed by atoms with E-state index >= 15 is 0 Å². The molecule has 0 aromatic heterocycles. The number of benzene rings is 2. The SMILES string of the molecule is CC(C)NC[C@H](COc1ccc(Br)c2ccccc12)O[Br+2]([O-])[O-]. The lowest BCUT2D eigenvalue weighted by Gasteiger charge is -2.16. The van der Waals surface area contributed by atoms with Crippen molar-refractivity contribution in [3.05, 3.63) is 40.9 Å². The molecule has 0 saturated carbocycles. The first-order valence-electron chi connectivity index (χ1n) is 7.23. The van der Waals surface area contributed by atoms with Gasteiger partial charge in [0.15, 0.2) is 0 Å². The highest BCUT2D eigenvalue weighted by molar-refractivity contribution is 9.10. The van der Waals surface area contributed by atoms with Gasteiger partial charge in [0.2, 0.25) is 6.10 Å². The van der Waals surface area contributed by atoms with Crippen LogP contribution in [-0.2, 0) is 3.83 Å². The molecule has 0 aliphatic carbocycles. The van der Waals surface area contributed by atoms with Gasteiger partial charge < -0.3 is 18.4 Å². The molecule has 0 spiro atoms. The van der Waals surface area contributed by atoms with E-state index in [2.05, 4.69) is 21.2 Å². The summed E-state index contributed by atoms with van der Waals surface area (Å²) in [6, 6.07) is 11.9. The van der Waals surface area contributed by atoms with Crippen LogP contribution in [0.3, 0.4) is 0 Å². The minimum Gasteiger partial charge on any atom is -0.490 e. The van der Waals surface area contributed by atoms with Gasteiger partial charge in [0.25, 0.3) is 0 Å². The summed E-state index contributed by atoms with van der Waals surface area (Å²) in [4.78, 5) is 0. The van der Waals surface area contributed by atoms with Gasteiger partial charge >= 0.3 is 14.8 Å². The molecule has 0 aliphatic rings. The monoisotopic (exact) mass is 447 g/mol. The molecule has 7 heteroatoms. The van der Waals surface area contributed by atoms with Gasteiger partial charge in [0.05, 0.1) is 0 Å². The van der Waals surface area contributed by atoms with Crippen LogP contribution in [-0.4, -0.2) is 25.3 Å². The normalized spacial score (nSPS) is 13.0. The quantitative estimate of drug-likeness (QED) is 0.661. The first-order valence-corrected chi connectivity index (χ1v) is 9.97. The minimum atomic E-state index is -3.28. The number of halogens is 2. The van der Waals surface area contributed by atoms with Crippen molar-refractivity contribution in [3.8, 4) is 5.75 Å². The van der Waals surface area contributed by atoms with Crippen LogP contribution in [0.5, 0.6) is 5.75 Å². The van der Waals surface area contributed by atoms with E-state index in [9.17, 15) is 8.40 Å². The van der Waals surface area contributed by atoms with Crippen molar-refractivity contribution in [1.82, 2.24) is 5.32 Å². The Hall–Kier alpha value is -0.700. The number of fused-ring (bicyclic) bond motifs is 1. The summed E-state index contributed by atoms with van der Waals surface area (Å²) in [7, 11) is 0. The van der Waals surface area contributed by atoms with Crippen molar-refractivity contribution in [1.29, 1.82) is 0 Å². The van der Waals surface area contributed by atoms with E-state index in [1.807, 2.05) is 50.2 Å². The molecule has 1 N–H and O–H groups in total. The van der Waals surface area contributed by atoms with Crippen LogP contribution in [0.25, 0.3) is 10.8 Å². The molecule has 0 saturated heterocycles. The molecule has 0 unspecified atom stereocenters. The molecule has 2 aromatic carbocycles. The summed E-state index contributed by atoms with van der Waals surface area (Å²) in [5.41, 5.74) is 0. The molecule has 1 atom stereocenters. The molecule has 0 heterocycles. The van der Waals surface area contributed by atoms with E-state index in [1.54, 1.807) is 0 Å². The predicted octanol–water partition coefficient (Wildman–Crippen LogP) is 1.45. The second-order valence-corrected chi connectivity index (χ2v) is 7.39. The van der Waals surface area contributed by atoms with E-state index in [-0.39, 0.29) is 12.6 Å².